The van der Waals surface area contributed by atoms with Crippen molar-refractivity contribution < 1.29 is 48.9 Å². The van der Waals surface area contributed by atoms with E-state index >= 15 is 0 Å². The van der Waals surface area contributed by atoms with Crippen LogP contribution in [-0.2, 0) is 31.3 Å². The number of hydrogen-bond donors (Lipinski definition) is 2. The number of carbonyl (C=O) groups excluding carboxylic acids is 2. The molecule has 0 aliphatic heterocycles. The fourth-order valence-corrected chi connectivity index (χ4v) is 3.99. The van der Waals surface area contributed by atoms with E-state index in [0.717, 1.165) is 50.7 Å². The summed E-state index contributed by atoms with van der Waals surface area (Å²) in [6.07, 6.45) is 16.5. The minimum Gasteiger partial charge on any atom is -0.377 e. The zero-order valence-corrected chi connectivity index (χ0v) is 26.0. The summed E-state index contributed by atoms with van der Waals surface area (Å²) in [6.45, 7) is 4.35. The van der Waals surface area contributed by atoms with Gasteiger partial charge in [0.05, 0.1) is 0 Å². The average Bonchev–Trinajstić information content (AvgIpc) is 2.91. The molecule has 0 aromatic heterocycles. The molecule has 4 nitrogen and oxygen atoms in total. The minimum atomic E-state index is -0.863. The molecule has 0 fully saturated rings. The predicted molar refractivity (Wildman–Crippen MR) is 153 cm³/mol. The summed E-state index contributed by atoms with van der Waals surface area (Å²) in [5.74, 6) is -3.74. The Bertz CT molecular complexity index is 928. The van der Waals surface area contributed by atoms with Gasteiger partial charge in [-0.1, -0.05) is 90.9 Å². The van der Waals surface area contributed by atoms with Crippen molar-refractivity contribution in [2.75, 3.05) is 10.6 Å². The number of anilines is 2. The summed E-state index contributed by atoms with van der Waals surface area (Å²) in [4.78, 5) is 23.2. The minimum absolute atomic E-state index is 0. The van der Waals surface area contributed by atoms with Crippen molar-refractivity contribution in [1.29, 1.82) is 0 Å². The van der Waals surface area contributed by atoms with E-state index in [4.69, 9.17) is 0 Å². The summed E-state index contributed by atoms with van der Waals surface area (Å²) >= 11 is 0. The van der Waals surface area contributed by atoms with Gasteiger partial charge in [-0.3, -0.25) is 9.59 Å². The number of amides is 2. The topological polar surface area (TPSA) is 58.2 Å². The number of hydrogen-bond acceptors (Lipinski definition) is 2. The van der Waals surface area contributed by atoms with Gasteiger partial charge in [-0.2, -0.15) is 0 Å². The van der Waals surface area contributed by atoms with Crippen LogP contribution < -0.4 is 10.6 Å². The van der Waals surface area contributed by atoms with Gasteiger partial charge in [-0.05, 0) is 24.2 Å². The Morgan fingerprint density at radius 3 is 1.20 bits per heavy atom. The summed E-state index contributed by atoms with van der Waals surface area (Å²) in [5, 5.41) is 4.87. The van der Waals surface area contributed by atoms with Gasteiger partial charge >= 0.3 is 21.7 Å². The van der Waals surface area contributed by atoms with Crippen molar-refractivity contribution in [3.63, 3.8) is 0 Å². The zero-order valence-electron chi connectivity index (χ0n) is 24.5. The largest absolute Gasteiger partial charge is 2.00 e. The number of nitrogens with one attached hydrogen (secondary N) is 2. The van der Waals surface area contributed by atoms with E-state index in [-0.39, 0.29) is 44.9 Å². The standard InChI is InChI=1S/2C16H22F2NO.Ti/c2*1-2-3-4-5-6-7-8-9-16(20)19-15-11-10-13(17)12-14(15)18;/h2*10-11H,2-9H2,1H3,(H,19,20);/q2*-1;+2. The molecule has 0 atom stereocenters. The number of rotatable bonds is 18. The van der Waals surface area contributed by atoms with Crippen molar-refractivity contribution in [1.82, 2.24) is 0 Å². The third kappa shape index (κ3) is 19.5. The van der Waals surface area contributed by atoms with Crippen LogP contribution >= 0.6 is 0 Å². The SMILES string of the molecule is CCCCCCCCCC(=O)Nc1ccc(F)[c-]c1F.CCCCCCCCCC(=O)Nc1ccc(F)[c-]c1F.[Ti+2]. The van der Waals surface area contributed by atoms with E-state index in [9.17, 15) is 27.2 Å². The Morgan fingerprint density at radius 2 is 0.878 bits per heavy atom. The normalized spacial score (nSPS) is 10.3. The van der Waals surface area contributed by atoms with Crippen molar-refractivity contribution in [3.8, 4) is 0 Å². The van der Waals surface area contributed by atoms with Crippen molar-refractivity contribution in [3.05, 3.63) is 59.7 Å². The zero-order chi connectivity index (χ0) is 29.6. The molecule has 0 unspecified atom stereocenters. The summed E-state index contributed by atoms with van der Waals surface area (Å²) < 4.78 is 51.8. The molecular weight excluding hydrogens is 568 g/mol. The van der Waals surface area contributed by atoms with Crippen LogP contribution in [0.4, 0.5) is 28.9 Å². The second kappa shape index (κ2) is 24.4. The molecule has 2 rings (SSSR count). The summed E-state index contributed by atoms with van der Waals surface area (Å²) in [6, 6.07) is 8.36. The van der Waals surface area contributed by atoms with Gasteiger partial charge in [0.15, 0.2) is 0 Å². The first-order chi connectivity index (χ1) is 19.3. The molecule has 226 valence electrons. The van der Waals surface area contributed by atoms with E-state index in [2.05, 4.69) is 24.5 Å². The van der Waals surface area contributed by atoms with Gasteiger partial charge in [-0.25, -0.2) is 17.6 Å². The molecule has 2 aromatic carbocycles. The third-order valence-corrected chi connectivity index (χ3v) is 6.29. The van der Waals surface area contributed by atoms with Crippen LogP contribution in [0.3, 0.4) is 0 Å². The Labute approximate surface area is 258 Å². The van der Waals surface area contributed by atoms with Crippen molar-refractivity contribution >= 4 is 23.2 Å². The first-order valence-electron chi connectivity index (χ1n) is 14.6. The van der Waals surface area contributed by atoms with E-state index < -0.39 is 23.3 Å². The van der Waals surface area contributed by atoms with Crippen LogP contribution in [0.2, 0.25) is 0 Å². The molecule has 0 bridgehead atoms. The maximum atomic E-state index is 13.3. The van der Waals surface area contributed by atoms with Crippen LogP contribution in [0.1, 0.15) is 117 Å². The number of unbranched alkanes of at least 4 members (excludes halogenated alkanes) is 12. The molecule has 9 heteroatoms. The van der Waals surface area contributed by atoms with E-state index in [1.165, 1.54) is 63.5 Å². The van der Waals surface area contributed by atoms with Gasteiger partial charge in [0.1, 0.15) is 0 Å². The molecule has 0 aliphatic rings. The first-order valence-corrected chi connectivity index (χ1v) is 14.6. The average molecular weight is 613 g/mol. The molecule has 0 radical (unpaired) electrons. The quantitative estimate of drug-likeness (QED) is 0.0762. The fraction of sp³-hybridized carbons (Fsp3) is 0.562. The maximum absolute atomic E-state index is 13.3. The molecule has 0 heterocycles. The van der Waals surface area contributed by atoms with Gasteiger partial charge in [0.25, 0.3) is 0 Å². The predicted octanol–water partition coefficient (Wildman–Crippen LogP) is 9.69. The molecule has 2 amide bonds. The molecule has 41 heavy (non-hydrogen) atoms. The van der Waals surface area contributed by atoms with Crippen molar-refractivity contribution in [2.24, 2.45) is 0 Å². The fourth-order valence-electron chi connectivity index (χ4n) is 3.99. The molecule has 0 spiro atoms. The van der Waals surface area contributed by atoms with Crippen LogP contribution in [0.5, 0.6) is 0 Å². The smallest absolute Gasteiger partial charge is 0.377 e. The molecule has 0 aliphatic carbocycles. The third-order valence-electron chi connectivity index (χ3n) is 6.29. The van der Waals surface area contributed by atoms with Crippen LogP contribution in [0.25, 0.3) is 0 Å². The monoisotopic (exact) mass is 612 g/mol. The van der Waals surface area contributed by atoms with Gasteiger partial charge < -0.3 is 10.6 Å². The summed E-state index contributed by atoms with van der Waals surface area (Å²) in [7, 11) is 0. The molecule has 0 saturated heterocycles. The molecule has 2 N–H and O–H groups in total. The van der Waals surface area contributed by atoms with Gasteiger partial charge in [0, 0.05) is 36.1 Å². The van der Waals surface area contributed by atoms with E-state index in [1.807, 2.05) is 12.1 Å². The summed E-state index contributed by atoms with van der Waals surface area (Å²) in [5.41, 5.74) is -0.0290. The molecular formula is C32H44F4N2O2Ti. The second-order valence-corrected chi connectivity index (χ2v) is 9.91. The Kier molecular flexibility index (Phi) is 23.1. The van der Waals surface area contributed by atoms with Crippen LogP contribution in [0, 0.1) is 35.4 Å². The number of benzene rings is 2. The molecule has 2 aromatic rings. The molecule has 0 saturated carbocycles. The number of carbonyl (C=O) groups is 2. The van der Waals surface area contributed by atoms with Crippen LogP contribution in [-0.4, -0.2) is 11.8 Å². The van der Waals surface area contributed by atoms with Crippen LogP contribution in [0.15, 0.2) is 24.3 Å². The van der Waals surface area contributed by atoms with Gasteiger partial charge in [0.2, 0.25) is 11.8 Å². The maximum Gasteiger partial charge on any atom is 2.00 e. The first kappa shape index (κ1) is 38.8. The van der Waals surface area contributed by atoms with Gasteiger partial charge in [-0.15, -0.1) is 36.4 Å². The van der Waals surface area contributed by atoms with E-state index in [1.54, 1.807) is 0 Å². The Morgan fingerprint density at radius 1 is 0.561 bits per heavy atom. The Balaban J connectivity index is 0.000000762. The van der Waals surface area contributed by atoms with E-state index in [0.29, 0.717) is 12.8 Å². The number of halogens is 4. The van der Waals surface area contributed by atoms with Crippen molar-refractivity contribution in [2.45, 2.75) is 117 Å². The second-order valence-electron chi connectivity index (χ2n) is 9.91. The Hall–Kier alpha value is -2.19.